The highest BCUT2D eigenvalue weighted by molar-refractivity contribution is 7.07. The standard InChI is InChI=1S/C26H25FN2O4S/c1-5-32-25(31)22-16(4)28-26-29(23(22)18-8-10-19(27)11-9-18)24(30)21(34-26)14-17-6-12-20(13-7-17)33-15(2)3/h6-15,23H,5H2,1-4H3/b21-14-/t23-/m0/s1. The van der Waals surface area contributed by atoms with Gasteiger partial charge in [-0.2, -0.15) is 0 Å². The van der Waals surface area contributed by atoms with Crippen molar-refractivity contribution in [2.75, 3.05) is 6.61 Å². The van der Waals surface area contributed by atoms with Crippen molar-refractivity contribution < 1.29 is 18.7 Å². The maximum atomic E-state index is 13.6. The fourth-order valence-electron chi connectivity index (χ4n) is 3.82. The van der Waals surface area contributed by atoms with Crippen molar-refractivity contribution in [2.45, 2.75) is 39.8 Å². The number of ether oxygens (including phenoxy) is 2. The minimum Gasteiger partial charge on any atom is -0.491 e. The van der Waals surface area contributed by atoms with Crippen LogP contribution in [0.4, 0.5) is 4.39 Å². The smallest absolute Gasteiger partial charge is 0.338 e. The molecule has 6 nitrogen and oxygen atoms in total. The van der Waals surface area contributed by atoms with E-state index in [9.17, 15) is 14.0 Å². The normalized spacial score (nSPS) is 15.8. The van der Waals surface area contributed by atoms with Crippen LogP contribution in [0.5, 0.6) is 5.75 Å². The van der Waals surface area contributed by atoms with Crippen LogP contribution in [0, 0.1) is 5.82 Å². The molecule has 176 valence electrons. The molecule has 4 rings (SSSR count). The Bertz CT molecular complexity index is 1420. The number of hydrogen-bond acceptors (Lipinski definition) is 6. The van der Waals surface area contributed by atoms with Gasteiger partial charge in [-0.15, -0.1) is 0 Å². The summed E-state index contributed by atoms with van der Waals surface area (Å²) >= 11 is 1.24. The molecule has 0 spiro atoms. The van der Waals surface area contributed by atoms with Gasteiger partial charge in [-0.3, -0.25) is 9.36 Å². The lowest BCUT2D eigenvalue weighted by Gasteiger charge is -2.24. The molecule has 0 N–H and O–H groups in total. The number of carbonyl (C=O) groups excluding carboxylic acids is 1. The molecule has 0 radical (unpaired) electrons. The SMILES string of the molecule is CCOC(=O)C1=C(C)N=c2s/c(=C\c3ccc(OC(C)C)cc3)c(=O)n2[C@H]1c1ccc(F)cc1. The first-order valence-electron chi connectivity index (χ1n) is 11.0. The number of halogens is 1. The van der Waals surface area contributed by atoms with Crippen molar-refractivity contribution in [3.8, 4) is 5.75 Å². The van der Waals surface area contributed by atoms with E-state index in [1.165, 1.54) is 28.0 Å². The zero-order valence-electron chi connectivity index (χ0n) is 19.4. The summed E-state index contributed by atoms with van der Waals surface area (Å²) in [5, 5.41) is 0. The van der Waals surface area contributed by atoms with E-state index in [4.69, 9.17) is 9.47 Å². The minimum atomic E-state index is -0.764. The van der Waals surface area contributed by atoms with Gasteiger partial charge < -0.3 is 9.47 Å². The largest absolute Gasteiger partial charge is 0.491 e. The van der Waals surface area contributed by atoms with Gasteiger partial charge in [0.05, 0.1) is 34.6 Å². The average Bonchev–Trinajstić information content (AvgIpc) is 3.09. The van der Waals surface area contributed by atoms with Gasteiger partial charge in [-0.1, -0.05) is 35.6 Å². The number of thiazole rings is 1. The second-order valence-electron chi connectivity index (χ2n) is 8.09. The van der Waals surface area contributed by atoms with Crippen molar-refractivity contribution in [3.63, 3.8) is 0 Å². The third-order valence-electron chi connectivity index (χ3n) is 5.25. The van der Waals surface area contributed by atoms with Gasteiger partial charge in [-0.25, -0.2) is 14.2 Å². The van der Waals surface area contributed by atoms with Crippen LogP contribution in [-0.2, 0) is 9.53 Å². The van der Waals surface area contributed by atoms with E-state index in [0.29, 0.717) is 20.6 Å². The van der Waals surface area contributed by atoms with Crippen molar-refractivity contribution in [3.05, 3.63) is 96.4 Å². The molecule has 1 aliphatic rings. The topological polar surface area (TPSA) is 69.9 Å². The molecule has 0 fully saturated rings. The summed E-state index contributed by atoms with van der Waals surface area (Å²) in [7, 11) is 0. The highest BCUT2D eigenvalue weighted by Gasteiger charge is 2.33. The minimum absolute atomic E-state index is 0.0674. The monoisotopic (exact) mass is 480 g/mol. The van der Waals surface area contributed by atoms with Gasteiger partial charge in [0.2, 0.25) is 0 Å². The number of aromatic nitrogens is 1. The molecule has 0 unspecified atom stereocenters. The highest BCUT2D eigenvalue weighted by atomic mass is 32.1. The highest BCUT2D eigenvalue weighted by Crippen LogP contribution is 2.30. The van der Waals surface area contributed by atoms with E-state index in [0.717, 1.165) is 11.3 Å². The van der Waals surface area contributed by atoms with Gasteiger partial charge in [0.25, 0.3) is 5.56 Å². The van der Waals surface area contributed by atoms with E-state index in [1.807, 2.05) is 38.1 Å². The first kappa shape index (κ1) is 23.6. The fourth-order valence-corrected chi connectivity index (χ4v) is 4.86. The van der Waals surface area contributed by atoms with Gasteiger partial charge in [-0.05, 0) is 69.2 Å². The van der Waals surface area contributed by atoms with Crippen LogP contribution in [0.1, 0.15) is 44.9 Å². The third kappa shape index (κ3) is 4.72. The molecule has 1 aromatic heterocycles. The number of benzene rings is 2. The van der Waals surface area contributed by atoms with E-state index in [2.05, 4.69) is 4.99 Å². The summed E-state index contributed by atoms with van der Waals surface area (Å²) in [5.74, 6) is -0.202. The zero-order chi connectivity index (χ0) is 24.4. The van der Waals surface area contributed by atoms with Crippen molar-refractivity contribution in [1.82, 2.24) is 4.57 Å². The number of esters is 1. The van der Waals surface area contributed by atoms with E-state index >= 15 is 0 Å². The van der Waals surface area contributed by atoms with Crippen LogP contribution in [0.25, 0.3) is 6.08 Å². The third-order valence-corrected chi connectivity index (χ3v) is 6.24. The van der Waals surface area contributed by atoms with Crippen molar-refractivity contribution >= 4 is 23.4 Å². The Hall–Kier alpha value is -3.52. The molecule has 0 saturated heterocycles. The summed E-state index contributed by atoms with van der Waals surface area (Å²) in [6.45, 7) is 7.53. The quantitative estimate of drug-likeness (QED) is 0.504. The molecular weight excluding hydrogens is 455 g/mol. The van der Waals surface area contributed by atoms with Crippen LogP contribution < -0.4 is 19.6 Å². The number of nitrogens with zero attached hydrogens (tertiary/aromatic N) is 2. The number of rotatable bonds is 6. The van der Waals surface area contributed by atoms with Crippen molar-refractivity contribution in [2.24, 2.45) is 4.99 Å². The molecule has 0 amide bonds. The molecule has 34 heavy (non-hydrogen) atoms. The Kier molecular flexibility index (Phi) is 6.79. The predicted octanol–water partition coefficient (Wildman–Crippen LogP) is 3.72. The molecule has 0 saturated carbocycles. The molecule has 0 bridgehead atoms. The van der Waals surface area contributed by atoms with Gasteiger partial charge in [0.15, 0.2) is 4.80 Å². The van der Waals surface area contributed by atoms with E-state index in [1.54, 1.807) is 32.1 Å². The molecule has 1 atom stereocenters. The van der Waals surface area contributed by atoms with Gasteiger partial charge in [0.1, 0.15) is 11.6 Å². The Morgan fingerprint density at radius 3 is 2.47 bits per heavy atom. The predicted molar refractivity (Wildman–Crippen MR) is 129 cm³/mol. The number of allylic oxidation sites excluding steroid dienone is 1. The Balaban J connectivity index is 1.85. The summed E-state index contributed by atoms with van der Waals surface area (Å²) in [6.07, 6.45) is 1.85. The Morgan fingerprint density at radius 1 is 1.18 bits per heavy atom. The van der Waals surface area contributed by atoms with Crippen molar-refractivity contribution in [1.29, 1.82) is 0 Å². The number of hydrogen-bond donors (Lipinski definition) is 0. The van der Waals surface area contributed by atoms with Crippen LogP contribution in [-0.4, -0.2) is 23.2 Å². The summed E-state index contributed by atoms with van der Waals surface area (Å²) in [4.78, 5) is 31.4. The van der Waals surface area contributed by atoms with Crippen LogP contribution in [0.15, 0.2) is 69.6 Å². The maximum absolute atomic E-state index is 13.6. The van der Waals surface area contributed by atoms with E-state index < -0.39 is 17.8 Å². The molecule has 3 aromatic rings. The molecule has 8 heteroatoms. The lowest BCUT2D eigenvalue weighted by Crippen LogP contribution is -2.39. The van der Waals surface area contributed by atoms with Crippen LogP contribution in [0.2, 0.25) is 0 Å². The molecule has 2 aromatic carbocycles. The average molecular weight is 481 g/mol. The first-order valence-corrected chi connectivity index (χ1v) is 11.8. The molecule has 0 aliphatic carbocycles. The Labute approximate surface area is 200 Å². The van der Waals surface area contributed by atoms with Crippen LogP contribution >= 0.6 is 11.3 Å². The first-order chi connectivity index (χ1) is 16.3. The summed E-state index contributed by atoms with van der Waals surface area (Å²) < 4.78 is 26.5. The van der Waals surface area contributed by atoms with E-state index in [-0.39, 0.29) is 23.8 Å². The molecule has 2 heterocycles. The summed E-state index contributed by atoms with van der Waals surface area (Å²) in [5.41, 5.74) is 1.89. The molecular formula is C26H25FN2O4S. The second-order valence-corrected chi connectivity index (χ2v) is 9.10. The molecule has 1 aliphatic heterocycles. The number of fused-ring (bicyclic) bond motifs is 1. The zero-order valence-corrected chi connectivity index (χ0v) is 20.2. The Morgan fingerprint density at radius 2 is 1.85 bits per heavy atom. The van der Waals surface area contributed by atoms with Crippen LogP contribution in [0.3, 0.4) is 0 Å². The van der Waals surface area contributed by atoms with Gasteiger partial charge >= 0.3 is 5.97 Å². The fraction of sp³-hybridized carbons (Fsp3) is 0.269. The summed E-state index contributed by atoms with van der Waals surface area (Å²) in [6, 6.07) is 12.5. The lowest BCUT2D eigenvalue weighted by molar-refractivity contribution is -0.139. The second kappa shape index (κ2) is 9.77. The maximum Gasteiger partial charge on any atom is 0.338 e. The number of carbonyl (C=O) groups is 1. The lowest BCUT2D eigenvalue weighted by atomic mass is 9.96. The van der Waals surface area contributed by atoms with Gasteiger partial charge in [0, 0.05) is 0 Å².